The van der Waals surface area contributed by atoms with Crippen LogP contribution in [0.1, 0.15) is 36.1 Å². The zero-order valence-corrected chi connectivity index (χ0v) is 12.4. The summed E-state index contributed by atoms with van der Waals surface area (Å²) in [5, 5.41) is 0. The normalized spacial score (nSPS) is 13.9. The number of hydrogen-bond donors (Lipinski definition) is 0. The van der Waals surface area contributed by atoms with E-state index in [9.17, 15) is 0 Å². The molecule has 0 bridgehead atoms. The van der Waals surface area contributed by atoms with Gasteiger partial charge in [0.15, 0.2) is 0 Å². The van der Waals surface area contributed by atoms with E-state index < -0.39 is 0 Å². The van der Waals surface area contributed by atoms with E-state index in [1.54, 1.807) is 20.0 Å². The van der Waals surface area contributed by atoms with Crippen LogP contribution in [0.15, 0.2) is 15.5 Å². The number of fused-ring (bicyclic) bond motifs is 1. The van der Waals surface area contributed by atoms with Gasteiger partial charge in [0.25, 0.3) is 0 Å². The van der Waals surface area contributed by atoms with Crippen LogP contribution >= 0.6 is 0 Å². The van der Waals surface area contributed by atoms with Crippen molar-refractivity contribution < 1.29 is 24.4 Å². The molecule has 0 spiro atoms. The minimum absolute atomic E-state index is 1.17. The molecule has 1 heteroatoms. The molecule has 0 N–H and O–H groups in total. The first-order valence-electron chi connectivity index (χ1n) is 5.31. The van der Waals surface area contributed by atoms with Crippen molar-refractivity contribution in [2.75, 3.05) is 0 Å². The molecule has 1 aliphatic rings. The van der Waals surface area contributed by atoms with E-state index >= 15 is 0 Å². The van der Waals surface area contributed by atoms with Gasteiger partial charge < -0.3 is 0 Å². The fourth-order valence-corrected chi connectivity index (χ4v) is 3.39. The first-order valence-corrected chi connectivity index (χ1v) is 7.11. The molecule has 1 aromatic carbocycles. The van der Waals surface area contributed by atoms with Crippen LogP contribution in [-0.2, 0) is 43.6 Å². The molecule has 0 fully saturated rings. The fourth-order valence-electron chi connectivity index (χ4n) is 2.15. The monoisotopic (exact) mass is 351 g/mol. The number of hydrogen-bond acceptors (Lipinski definition) is 0. The van der Waals surface area contributed by atoms with E-state index in [4.69, 9.17) is 0 Å². The van der Waals surface area contributed by atoms with Gasteiger partial charge in [-0.2, -0.15) is 0 Å². The number of aryl methyl sites for hydroxylation is 2. The Morgan fingerprint density at radius 1 is 1.14 bits per heavy atom. The van der Waals surface area contributed by atoms with Crippen LogP contribution in [0.3, 0.4) is 0 Å². The Morgan fingerprint density at radius 2 is 1.79 bits per heavy atom. The standard InChI is InChI=1S/C13H15.Hf/c1-3-10-8-12-6-5-7-13(12)9-11(10)4-2;/h6,8-9H,3-4,7H2,1-2H3;. The van der Waals surface area contributed by atoms with Crippen molar-refractivity contribution >= 4 is 6.08 Å². The second-order valence-electron chi connectivity index (χ2n) is 3.87. The second kappa shape index (κ2) is 4.14. The predicted molar refractivity (Wildman–Crippen MR) is 56.9 cm³/mol. The van der Waals surface area contributed by atoms with E-state index in [-0.39, 0.29) is 0 Å². The Balaban J connectivity index is 2.49. The van der Waals surface area contributed by atoms with E-state index in [1.165, 1.54) is 49.2 Å². The molecule has 0 aliphatic heterocycles. The average molecular weight is 350 g/mol. The van der Waals surface area contributed by atoms with Crippen LogP contribution in [0.5, 0.6) is 0 Å². The third kappa shape index (κ3) is 1.79. The molecule has 2 rings (SSSR count). The molecular formula is C13H15Hf. The van der Waals surface area contributed by atoms with Gasteiger partial charge >= 0.3 is 101 Å². The maximum absolute atomic E-state index is 2.43. The fraction of sp³-hybridized carbons (Fsp3) is 0.385. The summed E-state index contributed by atoms with van der Waals surface area (Å²) < 4.78 is 1.63. The SMILES string of the molecule is CCc1cc2c(cc1CC)C[C]([Hf])=C2. The minimum atomic E-state index is 1.17. The van der Waals surface area contributed by atoms with Gasteiger partial charge in [0.2, 0.25) is 0 Å². The van der Waals surface area contributed by atoms with E-state index in [2.05, 4.69) is 32.1 Å². The van der Waals surface area contributed by atoms with Crippen LogP contribution in [0.25, 0.3) is 6.08 Å². The van der Waals surface area contributed by atoms with Crippen molar-refractivity contribution in [1.82, 2.24) is 0 Å². The van der Waals surface area contributed by atoms with Crippen molar-refractivity contribution in [3.63, 3.8) is 0 Å². The molecule has 1 aliphatic carbocycles. The first kappa shape index (κ1) is 10.4. The quantitative estimate of drug-likeness (QED) is 0.719. The molecule has 0 saturated carbocycles. The van der Waals surface area contributed by atoms with Gasteiger partial charge in [-0.3, -0.25) is 0 Å². The van der Waals surface area contributed by atoms with Crippen LogP contribution in [0, 0.1) is 0 Å². The molecule has 0 amide bonds. The summed E-state index contributed by atoms with van der Waals surface area (Å²) in [4.78, 5) is 0. The summed E-state index contributed by atoms with van der Waals surface area (Å²) in [6.07, 6.45) is 5.95. The topological polar surface area (TPSA) is 0 Å². The van der Waals surface area contributed by atoms with Gasteiger partial charge in [-0.15, -0.1) is 0 Å². The molecule has 0 heterocycles. The van der Waals surface area contributed by atoms with Gasteiger partial charge in [0.05, 0.1) is 0 Å². The van der Waals surface area contributed by atoms with Crippen molar-refractivity contribution in [3.8, 4) is 0 Å². The summed E-state index contributed by atoms with van der Waals surface area (Å²) in [6, 6.07) is 4.83. The molecule has 0 atom stereocenters. The second-order valence-corrected chi connectivity index (χ2v) is 6.18. The third-order valence-corrected chi connectivity index (χ3v) is 4.09. The summed E-state index contributed by atoms with van der Waals surface area (Å²) in [5.74, 6) is 0. The van der Waals surface area contributed by atoms with Crippen molar-refractivity contribution in [2.45, 2.75) is 33.1 Å². The van der Waals surface area contributed by atoms with E-state index in [0.29, 0.717) is 0 Å². The Bertz CT molecular complexity index is 388. The van der Waals surface area contributed by atoms with Crippen LogP contribution in [0.2, 0.25) is 0 Å². The molecule has 0 nitrogen and oxygen atoms in total. The Labute approximate surface area is 101 Å². The molecule has 1 aromatic rings. The Hall–Kier alpha value is -0.170. The van der Waals surface area contributed by atoms with Gasteiger partial charge in [-0.1, -0.05) is 0 Å². The van der Waals surface area contributed by atoms with Gasteiger partial charge in [0.1, 0.15) is 0 Å². The summed E-state index contributed by atoms with van der Waals surface area (Å²) >= 11 is 1.22. The Kier molecular flexibility index (Phi) is 3.06. The van der Waals surface area contributed by atoms with Crippen LogP contribution < -0.4 is 0 Å². The van der Waals surface area contributed by atoms with Gasteiger partial charge in [-0.25, -0.2) is 0 Å². The van der Waals surface area contributed by atoms with E-state index in [0.717, 1.165) is 0 Å². The third-order valence-electron chi connectivity index (χ3n) is 2.93. The van der Waals surface area contributed by atoms with Crippen molar-refractivity contribution in [3.05, 3.63) is 37.7 Å². The van der Waals surface area contributed by atoms with Crippen LogP contribution in [0.4, 0.5) is 0 Å². The van der Waals surface area contributed by atoms with Crippen LogP contribution in [-0.4, -0.2) is 0 Å². The summed E-state index contributed by atoms with van der Waals surface area (Å²) in [7, 11) is 0. The molecule has 0 saturated heterocycles. The van der Waals surface area contributed by atoms with Crippen molar-refractivity contribution in [2.24, 2.45) is 0 Å². The van der Waals surface area contributed by atoms with Gasteiger partial charge in [-0.05, 0) is 0 Å². The molecule has 0 aromatic heterocycles. The number of rotatable bonds is 2. The molecule has 71 valence electrons. The van der Waals surface area contributed by atoms with E-state index in [1.807, 2.05) is 0 Å². The Morgan fingerprint density at radius 3 is 2.43 bits per heavy atom. The van der Waals surface area contributed by atoms with Gasteiger partial charge in [0, 0.05) is 0 Å². The zero-order valence-electron chi connectivity index (χ0n) is 8.85. The average Bonchev–Trinajstić information content (AvgIpc) is 2.54. The van der Waals surface area contributed by atoms with Crippen molar-refractivity contribution in [1.29, 1.82) is 0 Å². The maximum atomic E-state index is 2.43. The molecule has 0 radical (unpaired) electrons. The molecule has 0 unspecified atom stereocenters. The molecule has 14 heavy (non-hydrogen) atoms. The predicted octanol–water partition coefficient (Wildman–Crippen LogP) is 3.26. The molecular weight excluding hydrogens is 335 g/mol. The summed E-state index contributed by atoms with van der Waals surface area (Å²) in [6.45, 7) is 4.51. The first-order chi connectivity index (χ1) is 6.74. The number of benzene rings is 1. The number of allylic oxidation sites excluding steroid dienone is 1. The summed E-state index contributed by atoms with van der Waals surface area (Å²) in [5.41, 5.74) is 6.14. The zero-order chi connectivity index (χ0) is 10.1.